The Labute approximate surface area is 193 Å². The number of ether oxygens (including phenoxy) is 2. The molecule has 3 rings (SSSR count). The Morgan fingerprint density at radius 1 is 1.24 bits per heavy atom. The van der Waals surface area contributed by atoms with Gasteiger partial charge >= 0.3 is 5.69 Å². The van der Waals surface area contributed by atoms with Crippen molar-refractivity contribution >= 4 is 40.9 Å². The number of hydrogen-bond acceptors (Lipinski definition) is 7. The molecule has 0 aliphatic carbocycles. The molecule has 170 valence electrons. The number of nitrogens with one attached hydrogen (secondary N) is 1. The van der Waals surface area contributed by atoms with Crippen LogP contribution in [0.15, 0.2) is 54.6 Å². The number of carbonyl (C=O) groups is 2. The first-order valence-electron chi connectivity index (χ1n) is 9.48. The highest BCUT2D eigenvalue weighted by Gasteiger charge is 2.32. The predicted molar refractivity (Wildman–Crippen MR) is 121 cm³/mol. The van der Waals surface area contributed by atoms with Gasteiger partial charge in [0.25, 0.3) is 11.8 Å². The maximum absolute atomic E-state index is 13.6. The molecule has 0 aromatic heterocycles. The fraction of sp³-hybridized carbons (Fsp3) is 0.136. The Hall–Kier alpha value is -4.12. The van der Waals surface area contributed by atoms with Crippen LogP contribution in [-0.2, 0) is 16.2 Å². The number of carbonyl (C=O) groups excluding carboxylic acids is 2. The molecule has 2 aromatic rings. The van der Waals surface area contributed by atoms with Gasteiger partial charge in [0.2, 0.25) is 0 Å². The summed E-state index contributed by atoms with van der Waals surface area (Å²) in [6.45, 7) is 3.50. The summed E-state index contributed by atoms with van der Waals surface area (Å²) in [5.41, 5.74) is 0.389. The highest BCUT2D eigenvalue weighted by atomic mass is 32.1. The Morgan fingerprint density at radius 3 is 2.67 bits per heavy atom. The second kappa shape index (κ2) is 10.0. The molecular weight excluding hydrogens is 453 g/mol. The van der Waals surface area contributed by atoms with E-state index in [0.717, 1.165) is 18.2 Å². The van der Waals surface area contributed by atoms with Gasteiger partial charge in [-0.15, -0.1) is 6.58 Å². The number of thiocarbonyl (C=S) groups is 1. The monoisotopic (exact) mass is 471 g/mol. The number of halogens is 1. The molecule has 2 aromatic carbocycles. The average molecular weight is 471 g/mol. The third-order valence-corrected chi connectivity index (χ3v) is 4.94. The summed E-state index contributed by atoms with van der Waals surface area (Å²) in [5.74, 6) is -1.77. The van der Waals surface area contributed by atoms with E-state index in [9.17, 15) is 24.1 Å². The van der Waals surface area contributed by atoms with Crippen LogP contribution in [0.25, 0.3) is 6.08 Å². The second-order valence-corrected chi connectivity index (χ2v) is 7.14. The normalized spacial score (nSPS) is 14.8. The first-order valence-corrected chi connectivity index (χ1v) is 9.89. The number of nitro groups is 1. The molecule has 0 unspecified atom stereocenters. The zero-order valence-electron chi connectivity index (χ0n) is 17.4. The van der Waals surface area contributed by atoms with Crippen LogP contribution in [0.1, 0.15) is 11.1 Å². The molecule has 1 fully saturated rings. The fourth-order valence-corrected chi connectivity index (χ4v) is 3.32. The van der Waals surface area contributed by atoms with Crippen molar-refractivity contribution in [1.29, 1.82) is 0 Å². The van der Waals surface area contributed by atoms with Gasteiger partial charge < -0.3 is 9.47 Å². The number of nitro benzene ring substituents is 1. The molecule has 0 atom stereocenters. The second-order valence-electron chi connectivity index (χ2n) is 6.75. The third kappa shape index (κ3) is 5.21. The smallest absolute Gasteiger partial charge is 0.311 e. The van der Waals surface area contributed by atoms with E-state index in [2.05, 4.69) is 11.9 Å². The van der Waals surface area contributed by atoms with E-state index in [-0.39, 0.29) is 29.6 Å². The van der Waals surface area contributed by atoms with Crippen molar-refractivity contribution in [3.63, 3.8) is 0 Å². The zero-order chi connectivity index (χ0) is 24.1. The summed E-state index contributed by atoms with van der Waals surface area (Å²) in [7, 11) is 1.42. The van der Waals surface area contributed by atoms with Gasteiger partial charge in [0.15, 0.2) is 10.9 Å². The van der Waals surface area contributed by atoms with Crippen LogP contribution in [0.4, 0.5) is 10.1 Å². The highest BCUT2D eigenvalue weighted by molar-refractivity contribution is 7.80. The standard InChI is InChI=1S/C22H18FN3O6S/c1-3-8-25-21(28)16(20(27)24-22(25)33)10-13-4-7-18(31-2)14(9-13)12-32-19-11-15(23)5-6-17(19)26(29)30/h3-7,9-11H,1,8,12H2,2H3,(H,24,27,33)/b16-10+. The van der Waals surface area contributed by atoms with E-state index >= 15 is 0 Å². The van der Waals surface area contributed by atoms with Crippen molar-refractivity contribution in [3.05, 3.63) is 81.7 Å². The van der Waals surface area contributed by atoms with E-state index < -0.39 is 28.2 Å². The minimum atomic E-state index is -0.690. The van der Waals surface area contributed by atoms with Crippen LogP contribution < -0.4 is 14.8 Å². The molecule has 1 heterocycles. The van der Waals surface area contributed by atoms with Crippen molar-refractivity contribution in [2.24, 2.45) is 0 Å². The number of nitrogens with zero attached hydrogens (tertiary/aromatic N) is 2. The van der Waals surface area contributed by atoms with Crippen molar-refractivity contribution in [1.82, 2.24) is 10.2 Å². The maximum atomic E-state index is 13.6. The zero-order valence-corrected chi connectivity index (χ0v) is 18.2. The maximum Gasteiger partial charge on any atom is 0.311 e. The van der Waals surface area contributed by atoms with Gasteiger partial charge in [0.1, 0.15) is 23.7 Å². The van der Waals surface area contributed by atoms with Gasteiger partial charge in [0, 0.05) is 24.2 Å². The SMILES string of the molecule is C=CCN1C(=O)/C(=C/c2ccc(OC)c(COc3cc(F)ccc3[N+](=O)[O-])c2)C(=O)NC1=S. The summed E-state index contributed by atoms with van der Waals surface area (Å²) < 4.78 is 24.4. The summed E-state index contributed by atoms with van der Waals surface area (Å²) in [6.07, 6.45) is 2.86. The molecule has 11 heteroatoms. The molecule has 1 saturated heterocycles. The summed E-state index contributed by atoms with van der Waals surface area (Å²) in [4.78, 5) is 36.7. The topological polar surface area (TPSA) is 111 Å². The van der Waals surface area contributed by atoms with Gasteiger partial charge in [-0.25, -0.2) is 4.39 Å². The highest BCUT2D eigenvalue weighted by Crippen LogP contribution is 2.30. The van der Waals surface area contributed by atoms with Crippen LogP contribution in [0.5, 0.6) is 11.5 Å². The molecule has 0 spiro atoms. The van der Waals surface area contributed by atoms with E-state index in [1.807, 2.05) is 0 Å². The molecule has 1 aliphatic rings. The molecule has 0 bridgehead atoms. The number of hydrogen-bond donors (Lipinski definition) is 1. The third-order valence-electron chi connectivity index (χ3n) is 4.61. The number of methoxy groups -OCH3 is 1. The summed E-state index contributed by atoms with van der Waals surface area (Å²) in [5, 5.41) is 13.6. The van der Waals surface area contributed by atoms with Gasteiger partial charge in [-0.2, -0.15) is 0 Å². The minimum Gasteiger partial charge on any atom is -0.496 e. The van der Waals surface area contributed by atoms with Crippen molar-refractivity contribution in [3.8, 4) is 11.5 Å². The van der Waals surface area contributed by atoms with Gasteiger partial charge in [-0.3, -0.25) is 29.9 Å². The molecule has 1 aliphatic heterocycles. The van der Waals surface area contributed by atoms with E-state index in [1.54, 1.807) is 18.2 Å². The lowest BCUT2D eigenvalue weighted by molar-refractivity contribution is -0.386. The van der Waals surface area contributed by atoms with Crippen molar-refractivity contribution < 1.29 is 28.4 Å². The number of rotatable bonds is 8. The minimum absolute atomic E-state index is 0.0115. The molecular formula is C22H18FN3O6S. The van der Waals surface area contributed by atoms with Crippen LogP contribution >= 0.6 is 12.2 Å². The predicted octanol–water partition coefficient (Wildman–Crippen LogP) is 3.13. The Kier molecular flexibility index (Phi) is 7.13. The van der Waals surface area contributed by atoms with Crippen LogP contribution in [0.2, 0.25) is 0 Å². The average Bonchev–Trinajstić information content (AvgIpc) is 2.78. The van der Waals surface area contributed by atoms with Crippen molar-refractivity contribution in [2.45, 2.75) is 6.61 Å². The molecule has 0 radical (unpaired) electrons. The van der Waals surface area contributed by atoms with E-state index in [0.29, 0.717) is 16.9 Å². The van der Waals surface area contributed by atoms with Gasteiger partial charge in [0.05, 0.1) is 12.0 Å². The molecule has 0 saturated carbocycles. The summed E-state index contributed by atoms with van der Waals surface area (Å²) >= 11 is 5.03. The van der Waals surface area contributed by atoms with Gasteiger partial charge in [-0.1, -0.05) is 12.1 Å². The molecule has 1 N–H and O–H groups in total. The molecule has 33 heavy (non-hydrogen) atoms. The number of benzene rings is 2. The first-order chi connectivity index (χ1) is 15.7. The van der Waals surface area contributed by atoms with E-state index in [4.69, 9.17) is 21.7 Å². The lowest BCUT2D eigenvalue weighted by atomic mass is 10.0. The largest absolute Gasteiger partial charge is 0.496 e. The van der Waals surface area contributed by atoms with Crippen LogP contribution in [0, 0.1) is 15.9 Å². The molecule has 2 amide bonds. The van der Waals surface area contributed by atoms with Crippen molar-refractivity contribution in [2.75, 3.05) is 13.7 Å². The van der Waals surface area contributed by atoms with Gasteiger partial charge in [-0.05, 0) is 42.1 Å². The lowest BCUT2D eigenvalue weighted by Crippen LogP contribution is -2.53. The quantitative estimate of drug-likeness (QED) is 0.157. The van der Waals surface area contributed by atoms with Crippen LogP contribution in [0.3, 0.4) is 0 Å². The van der Waals surface area contributed by atoms with E-state index in [1.165, 1.54) is 24.2 Å². The lowest BCUT2D eigenvalue weighted by Gasteiger charge is -2.27. The van der Waals surface area contributed by atoms with Crippen LogP contribution in [-0.4, -0.2) is 40.4 Å². The fourth-order valence-electron chi connectivity index (χ4n) is 3.07. The summed E-state index contributed by atoms with van der Waals surface area (Å²) in [6, 6.07) is 7.68. The number of amides is 2. The first kappa shape index (κ1) is 23.5. The Balaban J connectivity index is 1.92. The Morgan fingerprint density at radius 2 is 2.00 bits per heavy atom. The molecule has 9 nitrogen and oxygen atoms in total. The Bertz CT molecular complexity index is 1200.